The number of carbonyl (C=O) groups excluding carboxylic acids is 1. The molecule has 3 aromatic rings. The average Bonchev–Trinajstić information content (AvgIpc) is 2.89. The lowest BCUT2D eigenvalue weighted by Gasteiger charge is -2.29. The second-order valence-corrected chi connectivity index (χ2v) is 10.1. The van der Waals surface area contributed by atoms with Gasteiger partial charge in [-0.3, -0.25) is 14.2 Å². The molecule has 2 aliphatic heterocycles. The zero-order chi connectivity index (χ0) is 27.0. The van der Waals surface area contributed by atoms with Crippen LogP contribution in [0.25, 0.3) is 10.9 Å². The summed E-state index contributed by atoms with van der Waals surface area (Å²) in [5.74, 6) is -1.24. The van der Waals surface area contributed by atoms with Crippen LogP contribution in [0, 0.1) is 19.7 Å². The van der Waals surface area contributed by atoms with E-state index >= 15 is 4.39 Å². The molecule has 0 unspecified atom stereocenters. The maximum absolute atomic E-state index is 15.0. The summed E-state index contributed by atoms with van der Waals surface area (Å²) in [6, 6.07) is 5.36. The number of rotatable bonds is 5. The lowest BCUT2D eigenvalue weighted by Crippen LogP contribution is -2.48. The number of carbonyl (C=O) groups is 1. The molecule has 9 nitrogen and oxygen atoms in total. The van der Waals surface area contributed by atoms with E-state index in [4.69, 9.17) is 9.47 Å². The Kier molecular flexibility index (Phi) is 7.58. The third-order valence-electron chi connectivity index (χ3n) is 7.71. The predicted octanol–water partition coefficient (Wildman–Crippen LogP) is 1.95. The number of nitrogens with zero attached hydrogens (tertiary/aromatic N) is 2. The number of aliphatic hydroxyl groups excluding tert-OH is 2. The highest BCUT2D eigenvalue weighted by molar-refractivity contribution is 5.94. The fourth-order valence-corrected chi connectivity index (χ4v) is 5.28. The van der Waals surface area contributed by atoms with E-state index in [2.05, 4.69) is 10.3 Å². The van der Waals surface area contributed by atoms with Gasteiger partial charge in [-0.2, -0.15) is 0 Å². The topological polar surface area (TPSA) is 123 Å². The van der Waals surface area contributed by atoms with E-state index in [9.17, 15) is 19.8 Å². The van der Waals surface area contributed by atoms with Gasteiger partial charge in [0.25, 0.3) is 11.5 Å². The van der Waals surface area contributed by atoms with Crippen molar-refractivity contribution in [1.82, 2.24) is 14.9 Å². The van der Waals surface area contributed by atoms with Crippen molar-refractivity contribution < 1.29 is 28.9 Å². The van der Waals surface area contributed by atoms with Gasteiger partial charge in [0.2, 0.25) is 0 Å². The quantitative estimate of drug-likeness (QED) is 0.465. The molecular formula is C28H32FN3O6. The van der Waals surface area contributed by atoms with E-state index in [1.165, 1.54) is 23.0 Å². The Bertz CT molecular complexity index is 1420. The van der Waals surface area contributed by atoms with Crippen LogP contribution in [0.2, 0.25) is 0 Å². The molecule has 1 amide bonds. The number of aromatic nitrogens is 2. The van der Waals surface area contributed by atoms with E-state index < -0.39 is 36.0 Å². The highest BCUT2D eigenvalue weighted by Gasteiger charge is 2.28. The number of aryl methyl sites for hydroxylation is 1. The van der Waals surface area contributed by atoms with Gasteiger partial charge in [-0.05, 0) is 73.6 Å². The summed E-state index contributed by atoms with van der Waals surface area (Å²) in [4.78, 5) is 30.6. The standard InChI is InChI=1S/C28H32FN3O6/c1-15-16(2)26-20(28(36)32(14-30-26)23-6-8-38-13-25(23)34)11-18(15)9-17-3-4-19(21(29)10-17)27(35)31-22-5-7-37-12-24(22)33/h3-4,10-11,14,22-25,33-34H,5-9,12-13H2,1-2H3,(H,31,35)/t22-,23-,24-,25-/m0/s1. The smallest absolute Gasteiger partial charge is 0.261 e. The van der Waals surface area contributed by atoms with Crippen molar-refractivity contribution in [3.8, 4) is 0 Å². The summed E-state index contributed by atoms with van der Waals surface area (Å²) < 4.78 is 27.0. The van der Waals surface area contributed by atoms with Crippen LogP contribution in [-0.2, 0) is 15.9 Å². The molecule has 3 N–H and O–H groups in total. The summed E-state index contributed by atoms with van der Waals surface area (Å²) in [5.41, 5.74) is 3.57. The first-order chi connectivity index (χ1) is 18.2. The Morgan fingerprint density at radius 2 is 1.84 bits per heavy atom. The molecule has 0 radical (unpaired) electrons. The normalized spacial score (nSPS) is 23.9. The number of nitrogens with one attached hydrogen (secondary N) is 1. The number of aliphatic hydroxyl groups is 2. The van der Waals surface area contributed by atoms with Gasteiger partial charge in [-0.1, -0.05) is 6.07 Å². The molecule has 5 rings (SSSR count). The predicted molar refractivity (Wildman–Crippen MR) is 138 cm³/mol. The fourth-order valence-electron chi connectivity index (χ4n) is 5.28. The molecule has 2 saturated heterocycles. The maximum atomic E-state index is 15.0. The van der Waals surface area contributed by atoms with E-state index in [0.29, 0.717) is 48.9 Å². The monoisotopic (exact) mass is 525 g/mol. The molecule has 4 atom stereocenters. The molecule has 0 spiro atoms. The van der Waals surface area contributed by atoms with Crippen LogP contribution >= 0.6 is 0 Å². The molecule has 2 fully saturated rings. The van der Waals surface area contributed by atoms with Crippen LogP contribution in [0.15, 0.2) is 35.4 Å². The second kappa shape index (κ2) is 10.9. The zero-order valence-electron chi connectivity index (χ0n) is 21.4. The Morgan fingerprint density at radius 1 is 1.11 bits per heavy atom. The summed E-state index contributed by atoms with van der Waals surface area (Å²) in [6.07, 6.45) is 1.20. The third kappa shape index (κ3) is 5.09. The number of hydrogen-bond donors (Lipinski definition) is 3. The molecule has 10 heteroatoms. The lowest BCUT2D eigenvalue weighted by atomic mass is 9.94. The third-order valence-corrected chi connectivity index (χ3v) is 7.71. The van der Waals surface area contributed by atoms with Crippen molar-refractivity contribution in [3.63, 3.8) is 0 Å². The van der Waals surface area contributed by atoms with Gasteiger partial charge in [0, 0.05) is 13.2 Å². The van der Waals surface area contributed by atoms with Crippen molar-refractivity contribution in [2.24, 2.45) is 0 Å². The van der Waals surface area contributed by atoms with E-state index in [-0.39, 0.29) is 24.3 Å². The average molecular weight is 526 g/mol. The summed E-state index contributed by atoms with van der Waals surface area (Å²) in [6.45, 7) is 5.02. The minimum atomic E-state index is -0.831. The van der Waals surface area contributed by atoms with Gasteiger partial charge in [0.15, 0.2) is 0 Å². The highest BCUT2D eigenvalue weighted by Crippen LogP contribution is 2.26. The minimum Gasteiger partial charge on any atom is -0.389 e. The SMILES string of the molecule is Cc1c(Cc2ccc(C(=O)N[C@H]3CCOC[C@@H]3O)c(F)c2)cc2c(=O)n([C@H]3CCOC[C@@H]3O)cnc2c1C. The van der Waals surface area contributed by atoms with Crippen molar-refractivity contribution in [2.45, 2.75) is 57.4 Å². The van der Waals surface area contributed by atoms with Gasteiger partial charge in [-0.15, -0.1) is 0 Å². The Hall–Kier alpha value is -3.18. The lowest BCUT2D eigenvalue weighted by molar-refractivity contribution is -0.0395. The molecule has 0 saturated carbocycles. The number of ether oxygens (including phenoxy) is 2. The van der Waals surface area contributed by atoms with Gasteiger partial charge < -0.3 is 25.0 Å². The number of hydrogen-bond acceptors (Lipinski definition) is 7. The zero-order valence-corrected chi connectivity index (χ0v) is 21.4. The fraction of sp³-hybridized carbons (Fsp3) is 0.464. The Balaban J connectivity index is 1.42. The van der Waals surface area contributed by atoms with Gasteiger partial charge in [-0.25, -0.2) is 9.37 Å². The van der Waals surface area contributed by atoms with Crippen LogP contribution in [0.3, 0.4) is 0 Å². The Morgan fingerprint density at radius 3 is 2.55 bits per heavy atom. The van der Waals surface area contributed by atoms with Crippen molar-refractivity contribution in [1.29, 1.82) is 0 Å². The summed E-state index contributed by atoms with van der Waals surface area (Å²) >= 11 is 0. The van der Waals surface area contributed by atoms with Crippen molar-refractivity contribution >= 4 is 16.8 Å². The molecule has 0 aliphatic carbocycles. The highest BCUT2D eigenvalue weighted by atomic mass is 19.1. The van der Waals surface area contributed by atoms with Crippen LogP contribution in [0.5, 0.6) is 0 Å². The first-order valence-corrected chi connectivity index (χ1v) is 12.9. The van der Waals surface area contributed by atoms with E-state index in [1.54, 1.807) is 12.1 Å². The molecule has 2 aliphatic rings. The molecular weight excluding hydrogens is 493 g/mol. The van der Waals surface area contributed by atoms with Crippen LogP contribution in [0.1, 0.15) is 51.5 Å². The first-order valence-electron chi connectivity index (χ1n) is 12.9. The van der Waals surface area contributed by atoms with Gasteiger partial charge in [0.1, 0.15) is 5.82 Å². The number of fused-ring (bicyclic) bond motifs is 1. The summed E-state index contributed by atoms with van der Waals surface area (Å²) in [7, 11) is 0. The molecule has 1 aromatic heterocycles. The van der Waals surface area contributed by atoms with E-state index in [1.807, 2.05) is 13.8 Å². The second-order valence-electron chi connectivity index (χ2n) is 10.1. The largest absolute Gasteiger partial charge is 0.389 e. The Labute approximate surface area is 219 Å². The van der Waals surface area contributed by atoms with Crippen molar-refractivity contribution in [3.05, 3.63) is 74.6 Å². The minimum absolute atomic E-state index is 0.0963. The molecule has 2 aromatic carbocycles. The van der Waals surface area contributed by atoms with Crippen LogP contribution < -0.4 is 10.9 Å². The number of benzene rings is 2. The first kappa shape index (κ1) is 26.4. The van der Waals surface area contributed by atoms with Gasteiger partial charge >= 0.3 is 0 Å². The molecule has 38 heavy (non-hydrogen) atoms. The van der Waals surface area contributed by atoms with Crippen LogP contribution in [-0.4, -0.2) is 70.3 Å². The molecule has 3 heterocycles. The maximum Gasteiger partial charge on any atom is 0.261 e. The molecule has 202 valence electrons. The van der Waals surface area contributed by atoms with Crippen molar-refractivity contribution in [2.75, 3.05) is 26.4 Å². The molecule has 0 bridgehead atoms. The van der Waals surface area contributed by atoms with Crippen LogP contribution in [0.4, 0.5) is 4.39 Å². The number of halogens is 1. The van der Waals surface area contributed by atoms with E-state index in [0.717, 1.165) is 16.7 Å². The summed E-state index contributed by atoms with van der Waals surface area (Å²) in [5, 5.41) is 23.5. The number of amides is 1. The van der Waals surface area contributed by atoms with Gasteiger partial charge in [0.05, 0.1) is 60.3 Å².